The van der Waals surface area contributed by atoms with Gasteiger partial charge in [0.1, 0.15) is 6.61 Å². The lowest BCUT2D eigenvalue weighted by atomic mass is 10.2. The number of amides is 1. The molecule has 0 aliphatic carbocycles. The Morgan fingerprint density at radius 3 is 2.76 bits per heavy atom. The molecule has 0 aliphatic heterocycles. The van der Waals surface area contributed by atoms with E-state index in [1.807, 2.05) is 30.3 Å². The molecule has 0 bridgehead atoms. The van der Waals surface area contributed by atoms with E-state index in [0.717, 1.165) is 5.56 Å². The molecule has 0 radical (unpaired) electrons. The van der Waals surface area contributed by atoms with Gasteiger partial charge < -0.3 is 15.0 Å². The van der Waals surface area contributed by atoms with Crippen LogP contribution in [0.3, 0.4) is 0 Å². The standard InChI is InChI=1S/C16H16N2O3/c19-15-14(8-4-10-17-15)9-5-11-18-16(20)21-12-13-6-2-1-3-7-13/h1-10H,11-12H2,(H,17,19)(H,18,20). The summed E-state index contributed by atoms with van der Waals surface area (Å²) in [7, 11) is 0. The zero-order valence-corrected chi connectivity index (χ0v) is 11.4. The van der Waals surface area contributed by atoms with Gasteiger partial charge in [-0.1, -0.05) is 42.5 Å². The second-order valence-electron chi connectivity index (χ2n) is 4.30. The number of nitrogens with one attached hydrogen (secondary N) is 2. The number of aromatic nitrogens is 1. The van der Waals surface area contributed by atoms with Crippen LogP contribution in [0.4, 0.5) is 4.79 Å². The Balaban J connectivity index is 1.72. The van der Waals surface area contributed by atoms with Gasteiger partial charge >= 0.3 is 6.09 Å². The Morgan fingerprint density at radius 1 is 1.19 bits per heavy atom. The summed E-state index contributed by atoms with van der Waals surface area (Å²) < 4.78 is 5.05. The van der Waals surface area contributed by atoms with Crippen LogP contribution in [0.25, 0.3) is 6.08 Å². The van der Waals surface area contributed by atoms with Gasteiger partial charge in [0.2, 0.25) is 0 Å². The van der Waals surface area contributed by atoms with Crippen molar-refractivity contribution in [2.45, 2.75) is 6.61 Å². The number of benzene rings is 1. The molecule has 0 fully saturated rings. The topological polar surface area (TPSA) is 71.2 Å². The predicted octanol–water partition coefficient (Wildman–Crippen LogP) is 2.31. The molecular weight excluding hydrogens is 268 g/mol. The number of carbonyl (C=O) groups is 1. The molecule has 0 atom stereocenters. The van der Waals surface area contributed by atoms with Crippen molar-refractivity contribution >= 4 is 12.2 Å². The van der Waals surface area contributed by atoms with E-state index >= 15 is 0 Å². The molecule has 1 amide bonds. The van der Waals surface area contributed by atoms with Gasteiger partial charge in [-0.15, -0.1) is 0 Å². The highest BCUT2D eigenvalue weighted by atomic mass is 16.5. The van der Waals surface area contributed by atoms with Crippen molar-refractivity contribution in [2.75, 3.05) is 6.54 Å². The molecule has 0 saturated heterocycles. The van der Waals surface area contributed by atoms with Gasteiger partial charge in [-0.05, 0) is 17.7 Å². The first kappa shape index (κ1) is 14.6. The minimum Gasteiger partial charge on any atom is -0.445 e. The summed E-state index contributed by atoms with van der Waals surface area (Å²) >= 11 is 0. The van der Waals surface area contributed by atoms with Crippen LogP contribution >= 0.6 is 0 Å². The third-order valence-electron chi connectivity index (χ3n) is 2.72. The van der Waals surface area contributed by atoms with Crippen molar-refractivity contribution in [2.24, 2.45) is 0 Å². The van der Waals surface area contributed by atoms with Crippen LogP contribution in [0, 0.1) is 0 Å². The summed E-state index contributed by atoms with van der Waals surface area (Å²) in [5.74, 6) is 0. The van der Waals surface area contributed by atoms with E-state index in [9.17, 15) is 9.59 Å². The van der Waals surface area contributed by atoms with Crippen LogP contribution in [0.15, 0.2) is 59.5 Å². The Kier molecular flexibility index (Phi) is 5.34. The summed E-state index contributed by atoms with van der Waals surface area (Å²) in [6.07, 6.45) is 4.41. The largest absolute Gasteiger partial charge is 0.445 e. The first-order valence-corrected chi connectivity index (χ1v) is 6.54. The van der Waals surface area contributed by atoms with E-state index in [1.165, 1.54) is 0 Å². The van der Waals surface area contributed by atoms with Gasteiger partial charge in [0.15, 0.2) is 0 Å². The molecule has 1 aromatic heterocycles. The Bertz CT molecular complexity index is 662. The minimum atomic E-state index is -0.495. The number of aromatic amines is 1. The van der Waals surface area contributed by atoms with Crippen molar-refractivity contribution in [3.05, 3.63) is 76.2 Å². The lowest BCUT2D eigenvalue weighted by Gasteiger charge is -2.05. The quantitative estimate of drug-likeness (QED) is 0.885. The first-order chi connectivity index (χ1) is 10.3. The maximum Gasteiger partial charge on any atom is 0.407 e. The highest BCUT2D eigenvalue weighted by Gasteiger charge is 2.00. The Hall–Kier alpha value is -2.82. The van der Waals surface area contributed by atoms with Crippen LogP contribution in [0.2, 0.25) is 0 Å². The number of H-pyrrole nitrogens is 1. The van der Waals surface area contributed by atoms with Crippen LogP contribution in [-0.4, -0.2) is 17.6 Å². The fourth-order valence-electron chi connectivity index (χ4n) is 1.67. The molecule has 1 aromatic carbocycles. The van der Waals surface area contributed by atoms with E-state index in [2.05, 4.69) is 10.3 Å². The summed E-state index contributed by atoms with van der Waals surface area (Å²) in [6.45, 7) is 0.525. The lowest BCUT2D eigenvalue weighted by molar-refractivity contribution is 0.141. The molecule has 5 heteroatoms. The number of hydrogen-bond acceptors (Lipinski definition) is 3. The maximum atomic E-state index is 11.5. The third kappa shape index (κ3) is 4.99. The molecule has 1 heterocycles. The summed E-state index contributed by atoms with van der Waals surface area (Å²) in [5.41, 5.74) is 1.30. The van der Waals surface area contributed by atoms with Crippen molar-refractivity contribution in [3.8, 4) is 0 Å². The Labute approximate surface area is 122 Å². The maximum absolute atomic E-state index is 11.5. The Morgan fingerprint density at radius 2 is 2.00 bits per heavy atom. The van der Waals surface area contributed by atoms with Gasteiger partial charge in [0.05, 0.1) is 0 Å². The molecule has 2 aromatic rings. The fourth-order valence-corrected chi connectivity index (χ4v) is 1.67. The van der Waals surface area contributed by atoms with Gasteiger partial charge in [-0.2, -0.15) is 0 Å². The molecule has 2 N–H and O–H groups in total. The van der Waals surface area contributed by atoms with E-state index in [-0.39, 0.29) is 12.2 Å². The van der Waals surface area contributed by atoms with Gasteiger partial charge in [-0.25, -0.2) is 4.79 Å². The predicted molar refractivity (Wildman–Crippen MR) is 80.7 cm³/mol. The summed E-state index contributed by atoms with van der Waals surface area (Å²) in [4.78, 5) is 25.4. The number of pyridine rings is 1. The van der Waals surface area contributed by atoms with Crippen molar-refractivity contribution in [1.82, 2.24) is 10.3 Å². The average molecular weight is 284 g/mol. The van der Waals surface area contributed by atoms with Gasteiger partial charge in [-0.3, -0.25) is 4.79 Å². The summed E-state index contributed by atoms with van der Waals surface area (Å²) in [5, 5.41) is 2.58. The molecule has 0 unspecified atom stereocenters. The fraction of sp³-hybridized carbons (Fsp3) is 0.125. The molecule has 108 valence electrons. The average Bonchev–Trinajstić information content (AvgIpc) is 2.52. The summed E-state index contributed by atoms with van der Waals surface area (Å²) in [6, 6.07) is 12.9. The number of ether oxygens (including phenoxy) is 1. The molecule has 0 spiro atoms. The second-order valence-corrected chi connectivity index (χ2v) is 4.30. The van der Waals surface area contributed by atoms with Crippen LogP contribution in [0.5, 0.6) is 0 Å². The smallest absolute Gasteiger partial charge is 0.407 e. The van der Waals surface area contributed by atoms with Crippen molar-refractivity contribution < 1.29 is 9.53 Å². The number of carbonyl (C=O) groups excluding carboxylic acids is 1. The molecule has 21 heavy (non-hydrogen) atoms. The van der Waals surface area contributed by atoms with Crippen LogP contribution in [0.1, 0.15) is 11.1 Å². The third-order valence-corrected chi connectivity index (χ3v) is 2.72. The number of hydrogen-bond donors (Lipinski definition) is 2. The second kappa shape index (κ2) is 7.69. The van der Waals surface area contributed by atoms with E-state index in [0.29, 0.717) is 12.1 Å². The minimum absolute atomic E-state index is 0.166. The van der Waals surface area contributed by atoms with Gasteiger partial charge in [0, 0.05) is 18.3 Å². The SMILES string of the molecule is O=C(NCC=Cc1ccc[nH]c1=O)OCc1ccccc1. The molecule has 0 aliphatic rings. The zero-order valence-electron chi connectivity index (χ0n) is 11.4. The van der Waals surface area contributed by atoms with E-state index < -0.39 is 6.09 Å². The molecule has 5 nitrogen and oxygen atoms in total. The first-order valence-electron chi connectivity index (χ1n) is 6.54. The molecule has 2 rings (SSSR count). The monoisotopic (exact) mass is 284 g/mol. The van der Waals surface area contributed by atoms with E-state index in [4.69, 9.17) is 4.74 Å². The number of rotatable bonds is 5. The van der Waals surface area contributed by atoms with Gasteiger partial charge in [0.25, 0.3) is 5.56 Å². The molecule has 0 saturated carbocycles. The van der Waals surface area contributed by atoms with Crippen molar-refractivity contribution in [1.29, 1.82) is 0 Å². The molecular formula is C16H16N2O3. The van der Waals surface area contributed by atoms with Crippen LogP contribution < -0.4 is 10.9 Å². The normalized spacial score (nSPS) is 10.5. The highest BCUT2D eigenvalue weighted by Crippen LogP contribution is 2.00. The lowest BCUT2D eigenvalue weighted by Crippen LogP contribution is -2.24. The van der Waals surface area contributed by atoms with E-state index in [1.54, 1.807) is 30.5 Å². The number of alkyl carbamates (subject to hydrolysis) is 1. The van der Waals surface area contributed by atoms with Crippen LogP contribution in [-0.2, 0) is 11.3 Å². The highest BCUT2D eigenvalue weighted by molar-refractivity contribution is 5.67. The zero-order chi connectivity index (χ0) is 14.9. The van der Waals surface area contributed by atoms with Crippen molar-refractivity contribution in [3.63, 3.8) is 0 Å².